The van der Waals surface area contributed by atoms with Gasteiger partial charge in [-0.05, 0) is 58.2 Å². The monoisotopic (exact) mass is 379 g/mol. The Morgan fingerprint density at radius 3 is 2.48 bits per heavy atom. The van der Waals surface area contributed by atoms with E-state index in [-0.39, 0.29) is 23.6 Å². The molecule has 0 saturated carbocycles. The average molecular weight is 379 g/mol. The van der Waals surface area contributed by atoms with E-state index in [1.54, 1.807) is 4.90 Å². The molecule has 1 aromatic rings. The van der Waals surface area contributed by atoms with Crippen LogP contribution in [0.25, 0.3) is 0 Å². The fourth-order valence-corrected chi connectivity index (χ4v) is 4.03. The van der Waals surface area contributed by atoms with Crippen LogP contribution >= 0.6 is 0 Å². The molecule has 2 heterocycles. The number of nitrogens with one attached hydrogen (secondary N) is 1. The summed E-state index contributed by atoms with van der Waals surface area (Å²) in [6, 6.07) is 1.97. The summed E-state index contributed by atoms with van der Waals surface area (Å²) in [7, 11) is 0. The molecule has 8 heteroatoms. The number of urea groups is 1. The SMILES string of the molecule is C[C@@H]1CCC[C@H](C)N1C(=O)CN1C(=O)N[C@](C)(c2cc(F)ccc2F)C1=O. The molecule has 1 aromatic carbocycles. The first kappa shape index (κ1) is 19.3. The van der Waals surface area contributed by atoms with Gasteiger partial charge in [0.1, 0.15) is 23.7 Å². The highest BCUT2D eigenvalue weighted by molar-refractivity contribution is 6.09. The van der Waals surface area contributed by atoms with Gasteiger partial charge >= 0.3 is 6.03 Å². The van der Waals surface area contributed by atoms with Crippen molar-refractivity contribution in [3.8, 4) is 0 Å². The summed E-state index contributed by atoms with van der Waals surface area (Å²) >= 11 is 0. The van der Waals surface area contributed by atoms with Crippen LogP contribution < -0.4 is 5.32 Å². The highest BCUT2D eigenvalue weighted by Gasteiger charge is 2.51. The van der Waals surface area contributed by atoms with E-state index in [4.69, 9.17) is 0 Å². The van der Waals surface area contributed by atoms with Crippen LogP contribution in [0.15, 0.2) is 18.2 Å². The van der Waals surface area contributed by atoms with Gasteiger partial charge in [0.25, 0.3) is 5.91 Å². The van der Waals surface area contributed by atoms with Gasteiger partial charge in [-0.25, -0.2) is 13.6 Å². The molecule has 27 heavy (non-hydrogen) atoms. The Kier molecular flexibility index (Phi) is 4.92. The zero-order chi connectivity index (χ0) is 19.9. The average Bonchev–Trinajstić information content (AvgIpc) is 2.81. The summed E-state index contributed by atoms with van der Waals surface area (Å²) in [5.74, 6) is -2.64. The Labute approximate surface area is 156 Å². The highest BCUT2D eigenvalue weighted by Crippen LogP contribution is 2.31. The zero-order valence-electron chi connectivity index (χ0n) is 15.6. The Hall–Kier alpha value is -2.51. The van der Waals surface area contributed by atoms with Crippen molar-refractivity contribution in [3.05, 3.63) is 35.4 Å². The first-order valence-corrected chi connectivity index (χ1v) is 9.06. The molecule has 0 aliphatic carbocycles. The quantitative estimate of drug-likeness (QED) is 0.821. The van der Waals surface area contributed by atoms with Crippen LogP contribution in [-0.2, 0) is 15.1 Å². The molecule has 0 unspecified atom stereocenters. The minimum Gasteiger partial charge on any atom is -0.336 e. The predicted octanol–water partition coefficient (Wildman–Crippen LogP) is 2.52. The topological polar surface area (TPSA) is 69.7 Å². The molecule has 2 aliphatic heterocycles. The van der Waals surface area contributed by atoms with E-state index in [1.165, 1.54) is 6.92 Å². The third-order valence-electron chi connectivity index (χ3n) is 5.52. The fourth-order valence-electron chi connectivity index (χ4n) is 4.03. The van der Waals surface area contributed by atoms with Gasteiger partial charge in [-0.15, -0.1) is 0 Å². The van der Waals surface area contributed by atoms with Crippen molar-refractivity contribution in [3.63, 3.8) is 0 Å². The molecule has 2 saturated heterocycles. The van der Waals surface area contributed by atoms with Crippen molar-refractivity contribution >= 4 is 17.8 Å². The summed E-state index contributed by atoms with van der Waals surface area (Å²) in [6.07, 6.45) is 2.75. The van der Waals surface area contributed by atoms with Crippen LogP contribution in [0.1, 0.15) is 45.6 Å². The van der Waals surface area contributed by atoms with Crippen molar-refractivity contribution < 1.29 is 23.2 Å². The molecule has 0 radical (unpaired) electrons. The fraction of sp³-hybridized carbons (Fsp3) is 0.526. The summed E-state index contributed by atoms with van der Waals surface area (Å²) in [5, 5.41) is 2.41. The van der Waals surface area contributed by atoms with Gasteiger partial charge in [0.15, 0.2) is 0 Å². The second kappa shape index (κ2) is 6.90. The summed E-state index contributed by atoms with van der Waals surface area (Å²) < 4.78 is 27.8. The molecule has 0 spiro atoms. The maximum Gasteiger partial charge on any atom is 0.325 e. The number of benzene rings is 1. The highest BCUT2D eigenvalue weighted by atomic mass is 19.1. The Balaban J connectivity index is 1.84. The number of nitrogens with zero attached hydrogens (tertiary/aromatic N) is 2. The third kappa shape index (κ3) is 3.28. The number of rotatable bonds is 3. The number of piperidine rings is 1. The summed E-state index contributed by atoms with van der Waals surface area (Å²) in [6.45, 7) is 4.75. The largest absolute Gasteiger partial charge is 0.336 e. The molecule has 0 bridgehead atoms. The van der Waals surface area contributed by atoms with Gasteiger partial charge in [-0.1, -0.05) is 0 Å². The molecule has 3 atom stereocenters. The van der Waals surface area contributed by atoms with Crippen LogP contribution in [0.3, 0.4) is 0 Å². The van der Waals surface area contributed by atoms with Crippen LogP contribution in [0.2, 0.25) is 0 Å². The number of likely N-dealkylation sites (tertiary alicyclic amines) is 1. The molecular weight excluding hydrogens is 356 g/mol. The van der Waals surface area contributed by atoms with Gasteiger partial charge in [-0.2, -0.15) is 0 Å². The molecule has 4 amide bonds. The van der Waals surface area contributed by atoms with Crippen molar-refractivity contribution in [1.29, 1.82) is 0 Å². The van der Waals surface area contributed by atoms with E-state index in [9.17, 15) is 23.2 Å². The molecule has 0 aromatic heterocycles. The normalized spacial score (nSPS) is 28.5. The number of amides is 4. The maximum absolute atomic E-state index is 14.2. The van der Waals surface area contributed by atoms with E-state index in [0.717, 1.165) is 42.4 Å². The zero-order valence-corrected chi connectivity index (χ0v) is 15.6. The number of hydrogen-bond donors (Lipinski definition) is 1. The number of halogens is 2. The van der Waals surface area contributed by atoms with Gasteiger partial charge in [-0.3, -0.25) is 14.5 Å². The number of hydrogen-bond acceptors (Lipinski definition) is 3. The molecule has 146 valence electrons. The van der Waals surface area contributed by atoms with Crippen LogP contribution in [-0.4, -0.2) is 46.3 Å². The third-order valence-corrected chi connectivity index (χ3v) is 5.52. The van der Waals surface area contributed by atoms with Crippen molar-refractivity contribution in [2.24, 2.45) is 0 Å². The number of carbonyl (C=O) groups is 3. The minimum absolute atomic E-state index is 0.0223. The summed E-state index contributed by atoms with van der Waals surface area (Å²) in [4.78, 5) is 40.5. The van der Waals surface area contributed by atoms with E-state index < -0.39 is 35.7 Å². The van der Waals surface area contributed by atoms with Crippen molar-refractivity contribution in [1.82, 2.24) is 15.1 Å². The van der Waals surface area contributed by atoms with E-state index in [1.807, 2.05) is 13.8 Å². The number of imide groups is 1. The molecular formula is C19H23F2N3O3. The smallest absolute Gasteiger partial charge is 0.325 e. The Morgan fingerprint density at radius 1 is 1.22 bits per heavy atom. The lowest BCUT2D eigenvalue weighted by molar-refractivity contribution is -0.142. The Bertz CT molecular complexity index is 790. The molecule has 6 nitrogen and oxygen atoms in total. The van der Waals surface area contributed by atoms with Crippen LogP contribution in [0, 0.1) is 11.6 Å². The van der Waals surface area contributed by atoms with Gasteiger partial charge < -0.3 is 10.2 Å². The van der Waals surface area contributed by atoms with Crippen LogP contribution in [0.5, 0.6) is 0 Å². The van der Waals surface area contributed by atoms with Crippen LogP contribution in [0.4, 0.5) is 13.6 Å². The predicted molar refractivity (Wildman–Crippen MR) is 93.6 cm³/mol. The molecule has 1 N–H and O–H groups in total. The molecule has 2 fully saturated rings. The molecule has 2 aliphatic rings. The first-order chi connectivity index (χ1) is 12.6. The second-order valence-corrected chi connectivity index (χ2v) is 7.50. The van der Waals surface area contributed by atoms with Gasteiger partial charge in [0.2, 0.25) is 5.91 Å². The van der Waals surface area contributed by atoms with E-state index >= 15 is 0 Å². The van der Waals surface area contributed by atoms with Crippen molar-refractivity contribution in [2.75, 3.05) is 6.54 Å². The standard InChI is InChI=1S/C19H23F2N3O3/c1-11-5-4-6-12(2)24(11)16(25)10-23-17(26)19(3,22-18(23)27)14-9-13(20)7-8-15(14)21/h7-9,11-12H,4-6,10H2,1-3H3,(H,22,27)/t11-,12+,19-/m1/s1. The van der Waals surface area contributed by atoms with E-state index in [0.29, 0.717) is 0 Å². The Morgan fingerprint density at radius 2 is 1.85 bits per heavy atom. The van der Waals surface area contributed by atoms with Crippen molar-refractivity contribution in [2.45, 2.75) is 57.7 Å². The van der Waals surface area contributed by atoms with E-state index in [2.05, 4.69) is 5.32 Å². The first-order valence-electron chi connectivity index (χ1n) is 9.06. The number of carbonyl (C=O) groups excluding carboxylic acids is 3. The van der Waals surface area contributed by atoms with Gasteiger partial charge in [0.05, 0.1) is 0 Å². The summed E-state index contributed by atoms with van der Waals surface area (Å²) in [5.41, 5.74) is -2.03. The lowest BCUT2D eigenvalue weighted by Gasteiger charge is -2.39. The second-order valence-electron chi connectivity index (χ2n) is 7.50. The molecule has 3 rings (SSSR count). The van der Waals surface area contributed by atoms with Gasteiger partial charge in [0, 0.05) is 17.6 Å². The minimum atomic E-state index is -1.76. The maximum atomic E-state index is 14.2. The lowest BCUT2D eigenvalue weighted by Crippen LogP contribution is -2.52. The lowest BCUT2D eigenvalue weighted by atomic mass is 9.91.